The molecule has 0 aromatic carbocycles. The fourth-order valence-electron chi connectivity index (χ4n) is 0.250. The van der Waals surface area contributed by atoms with E-state index in [0.717, 1.165) is 30.0 Å². The van der Waals surface area contributed by atoms with Gasteiger partial charge in [-0.15, -0.1) is 0 Å². The molecular weight excluding hydrogens is 296 g/mol. The number of rotatable bonds is 0. The number of hydrogen-bond acceptors (Lipinski definition) is 6. The van der Waals surface area contributed by atoms with Gasteiger partial charge >= 0.3 is 72.1 Å². The van der Waals surface area contributed by atoms with Crippen LogP contribution in [0.5, 0.6) is 0 Å². The van der Waals surface area contributed by atoms with Gasteiger partial charge in [0.05, 0.1) is 0 Å². The molecule has 0 rings (SSSR count). The van der Waals surface area contributed by atoms with Crippen molar-refractivity contribution in [2.24, 2.45) is 0 Å². The van der Waals surface area contributed by atoms with Crippen LogP contribution in [0, 0.1) is 61.6 Å². The molecule has 0 aliphatic carbocycles. The molecule has 2 N–H and O–H groups in total. The first-order chi connectivity index (χ1) is 5.97. The summed E-state index contributed by atoms with van der Waals surface area (Å²) >= 11 is 0. The van der Waals surface area contributed by atoms with Crippen LogP contribution in [0.1, 0.15) is 0 Å². The smallest absolute Gasteiger partial charge is 0 e. The molecule has 0 saturated heterocycles. The molecule has 0 fully saturated rings. The molecule has 0 bridgehead atoms. The van der Waals surface area contributed by atoms with E-state index in [2.05, 4.69) is 0 Å². The van der Waals surface area contributed by atoms with Crippen LogP contribution in [0.4, 0.5) is 0 Å². The Morgan fingerprint density at radius 3 is 0.667 bits per heavy atom. The summed E-state index contributed by atoms with van der Waals surface area (Å²) in [6.45, 7) is 0. The molecule has 73 valence electrons. The van der Waals surface area contributed by atoms with Gasteiger partial charge in [0.25, 0.3) is 0 Å². The third kappa shape index (κ3) is 1.54. The summed E-state index contributed by atoms with van der Waals surface area (Å²) in [5, 5.41) is 57.6. The Morgan fingerprint density at radius 1 is 0.533 bits per heavy atom. The minimum absolute atomic E-state index is 0. The molecular formula is C6H2CoN6OZn. The molecule has 0 spiro atoms. The monoisotopic (exact) mass is 297 g/mol. The molecule has 0 saturated carbocycles. The van der Waals surface area contributed by atoms with Crippen LogP contribution in [0.2, 0.25) is 0 Å². The minimum Gasteiger partial charge on any atom is -0.412 e. The standard InChI is InChI=1S/6CN.Co.H2O.Zn/c6*1-2;;;/h;;;;;;;1H2;. The Labute approximate surface area is 97.0 Å². The normalized spacial score (nSPS) is 11.6. The van der Waals surface area contributed by atoms with Crippen LogP contribution in [0.15, 0.2) is 0 Å². The van der Waals surface area contributed by atoms with Crippen LogP contribution >= 0.6 is 0 Å². The maximum Gasteiger partial charge on any atom is 0 e. The van der Waals surface area contributed by atoms with Gasteiger partial charge in [0.15, 0.2) is 0 Å². The summed E-state index contributed by atoms with van der Waals surface area (Å²) < 4.78 is 0. The van der Waals surface area contributed by atoms with Crippen molar-refractivity contribution in [2.45, 2.75) is 0 Å². The van der Waals surface area contributed by atoms with E-state index in [9.17, 15) is 0 Å². The first-order valence-electron chi connectivity index (χ1n) is 2.34. The second-order valence-electron chi connectivity index (χ2n) is 1.70. The summed E-state index contributed by atoms with van der Waals surface area (Å²) in [6.07, 6.45) is 0. The van der Waals surface area contributed by atoms with Crippen LogP contribution in [0.25, 0.3) is 0 Å². The van der Waals surface area contributed by atoms with E-state index < -0.39 is 10.5 Å². The third-order valence-electron chi connectivity index (χ3n) is 1.12. The summed E-state index contributed by atoms with van der Waals surface area (Å²) in [6, 6.07) is 0. The summed E-state index contributed by atoms with van der Waals surface area (Å²) in [5.74, 6) is 0. The predicted molar refractivity (Wildman–Crippen MR) is 37.3 cm³/mol. The molecule has 9 heteroatoms. The number of nitriles is 6. The average Bonchev–Trinajstić information content (AvgIpc) is 2.26. The van der Waals surface area contributed by atoms with E-state index in [0.29, 0.717) is 0 Å². The van der Waals surface area contributed by atoms with Gasteiger partial charge in [0, 0.05) is 19.5 Å². The maximum absolute atomic E-state index is 8.58. The fraction of sp³-hybridized carbons (Fsp3) is 0. The van der Waals surface area contributed by atoms with Gasteiger partial charge in [-0.1, -0.05) is 0 Å². The second kappa shape index (κ2) is 4.04. The molecule has 0 atom stereocenters. The quantitative estimate of drug-likeness (QED) is 0.532. The molecule has 0 radical (unpaired) electrons. The van der Waals surface area contributed by atoms with E-state index >= 15 is 0 Å². The Bertz CT molecular complexity index is 397. The van der Waals surface area contributed by atoms with E-state index in [4.69, 9.17) is 31.6 Å². The zero-order valence-electron chi connectivity index (χ0n) is 7.22. The molecule has 7 nitrogen and oxygen atoms in total. The first kappa shape index (κ1) is 18.7. The molecule has 0 aliphatic rings. The van der Waals surface area contributed by atoms with Crippen LogP contribution in [-0.2, 0) is 30.0 Å². The maximum atomic E-state index is 8.58. The van der Waals surface area contributed by atoms with Gasteiger partial charge in [-0.25, -0.2) is 0 Å². The van der Waals surface area contributed by atoms with Gasteiger partial charge in [-0.2, -0.15) is 0 Å². The van der Waals surface area contributed by atoms with Gasteiger partial charge in [0.1, 0.15) is 0 Å². The van der Waals surface area contributed by atoms with Crippen molar-refractivity contribution in [3.05, 3.63) is 0 Å². The number of nitrogens with zero attached hydrogens (tertiary/aromatic N) is 6. The zero-order chi connectivity index (χ0) is 10.7. The summed E-state index contributed by atoms with van der Waals surface area (Å²) in [7, 11) is -6.03. The van der Waals surface area contributed by atoms with Crippen molar-refractivity contribution in [1.29, 1.82) is 31.6 Å². The minimum atomic E-state index is -6.03. The Balaban J connectivity index is -0.000000720. The van der Waals surface area contributed by atoms with E-state index in [1.54, 1.807) is 0 Å². The first-order valence-corrected chi connectivity index (χ1v) is 5.46. The Hall–Kier alpha value is -1.97. The fourth-order valence-corrected chi connectivity index (χ4v) is 1.03. The predicted octanol–water partition coefficient (Wildman–Crippen LogP) is -0.729. The molecule has 0 aromatic rings. The SMILES string of the molecule is N#[C][Co]([C]#N)([C]#N)([C]#N)([C]#N)[C]#N.O.[Zn]. The van der Waals surface area contributed by atoms with Crippen molar-refractivity contribution in [2.75, 3.05) is 0 Å². The van der Waals surface area contributed by atoms with Crippen molar-refractivity contribution in [3.63, 3.8) is 0 Å². The van der Waals surface area contributed by atoms with Gasteiger partial charge in [-0.05, 0) is 0 Å². The molecule has 0 heterocycles. The summed E-state index contributed by atoms with van der Waals surface area (Å²) in [4.78, 5) is 0. The second-order valence-corrected chi connectivity index (χ2v) is 7.00. The van der Waals surface area contributed by atoms with Crippen LogP contribution in [0.3, 0.4) is 0 Å². The van der Waals surface area contributed by atoms with Gasteiger partial charge < -0.3 is 5.48 Å². The van der Waals surface area contributed by atoms with Crippen LogP contribution in [-0.4, -0.2) is 5.48 Å². The van der Waals surface area contributed by atoms with E-state index in [-0.39, 0.29) is 25.0 Å². The molecule has 0 unspecified atom stereocenters. The summed E-state index contributed by atoms with van der Waals surface area (Å²) in [5.41, 5.74) is 0. The topological polar surface area (TPSA) is 174 Å². The third-order valence-corrected chi connectivity index (χ3v) is 4.61. The molecule has 15 heavy (non-hydrogen) atoms. The Morgan fingerprint density at radius 2 is 0.667 bits per heavy atom. The molecule has 0 aromatic heterocycles. The van der Waals surface area contributed by atoms with Gasteiger partial charge in [-0.3, -0.25) is 0 Å². The van der Waals surface area contributed by atoms with E-state index in [1.165, 1.54) is 0 Å². The largest absolute Gasteiger partial charge is 0.412 e. The molecule has 0 aliphatic heterocycles. The van der Waals surface area contributed by atoms with Crippen LogP contribution < -0.4 is 0 Å². The van der Waals surface area contributed by atoms with E-state index in [1.807, 2.05) is 0 Å². The zero-order valence-corrected chi connectivity index (χ0v) is 11.2. The van der Waals surface area contributed by atoms with Crippen molar-refractivity contribution >= 4 is 0 Å². The van der Waals surface area contributed by atoms with Crippen molar-refractivity contribution in [1.82, 2.24) is 0 Å². The van der Waals surface area contributed by atoms with Crippen molar-refractivity contribution < 1.29 is 35.5 Å². The number of hydrogen-bond donors (Lipinski definition) is 0. The van der Waals surface area contributed by atoms with Gasteiger partial charge in [0.2, 0.25) is 0 Å². The molecule has 0 amide bonds. The van der Waals surface area contributed by atoms with Crippen molar-refractivity contribution in [3.8, 4) is 30.0 Å². The average molecular weight is 298 g/mol. The Kier molecular flexibility index (Phi) is 5.05.